The third kappa shape index (κ3) is 2.59. The number of ketones is 1. The third-order valence-corrected chi connectivity index (χ3v) is 2.66. The van der Waals surface area contributed by atoms with Crippen molar-refractivity contribution in [2.24, 2.45) is 5.92 Å². The highest BCUT2D eigenvalue weighted by Crippen LogP contribution is 2.25. The number of carbonyl (C=O) groups excluding carboxylic acids is 1. The van der Waals surface area contributed by atoms with E-state index in [1.54, 1.807) is 0 Å². The maximum Gasteiger partial charge on any atom is 0.136 e. The molecule has 1 unspecified atom stereocenters. The summed E-state index contributed by atoms with van der Waals surface area (Å²) in [6.07, 6.45) is 4.26. The van der Waals surface area contributed by atoms with Gasteiger partial charge in [0.2, 0.25) is 0 Å². The molecule has 0 aliphatic heterocycles. The molecule has 1 saturated carbocycles. The lowest BCUT2D eigenvalue weighted by atomic mass is 9.81. The van der Waals surface area contributed by atoms with Crippen LogP contribution in [0.25, 0.3) is 0 Å². The van der Waals surface area contributed by atoms with Gasteiger partial charge < -0.3 is 4.90 Å². The standard InChI is InChI=1S/C10H19NO/c1-3-7-11(2)8-6-9-4-5-10(9)12/h9H,3-8H2,1-2H3. The lowest BCUT2D eigenvalue weighted by Gasteiger charge is -2.26. The zero-order valence-electron chi connectivity index (χ0n) is 8.18. The van der Waals surface area contributed by atoms with E-state index in [-0.39, 0.29) is 0 Å². The van der Waals surface area contributed by atoms with Crippen molar-refractivity contribution >= 4 is 5.78 Å². The molecule has 0 saturated heterocycles. The number of rotatable bonds is 5. The average molecular weight is 169 g/mol. The Morgan fingerprint density at radius 2 is 2.25 bits per heavy atom. The van der Waals surface area contributed by atoms with E-state index in [1.165, 1.54) is 6.42 Å². The molecule has 0 aromatic heterocycles. The molecule has 12 heavy (non-hydrogen) atoms. The van der Waals surface area contributed by atoms with E-state index in [0.29, 0.717) is 11.7 Å². The van der Waals surface area contributed by atoms with Gasteiger partial charge in [-0.05, 0) is 39.4 Å². The van der Waals surface area contributed by atoms with Crippen LogP contribution in [0.1, 0.15) is 32.6 Å². The number of nitrogens with zero attached hydrogens (tertiary/aromatic N) is 1. The van der Waals surface area contributed by atoms with Gasteiger partial charge in [-0.15, -0.1) is 0 Å². The van der Waals surface area contributed by atoms with Crippen molar-refractivity contribution in [2.45, 2.75) is 32.6 Å². The van der Waals surface area contributed by atoms with Crippen molar-refractivity contribution in [1.82, 2.24) is 4.90 Å². The Morgan fingerprint density at radius 3 is 2.67 bits per heavy atom. The van der Waals surface area contributed by atoms with Gasteiger partial charge in [0, 0.05) is 12.3 Å². The molecule has 0 N–H and O–H groups in total. The zero-order chi connectivity index (χ0) is 8.97. The third-order valence-electron chi connectivity index (χ3n) is 2.66. The molecule has 0 aromatic carbocycles. The normalized spacial score (nSPS) is 22.9. The van der Waals surface area contributed by atoms with Gasteiger partial charge in [0.1, 0.15) is 5.78 Å². The van der Waals surface area contributed by atoms with Gasteiger partial charge in [-0.2, -0.15) is 0 Å². The molecule has 0 bridgehead atoms. The molecule has 2 heteroatoms. The van der Waals surface area contributed by atoms with Crippen molar-refractivity contribution < 1.29 is 4.79 Å². The largest absolute Gasteiger partial charge is 0.306 e. The van der Waals surface area contributed by atoms with Gasteiger partial charge in [0.05, 0.1) is 0 Å². The number of hydrogen-bond donors (Lipinski definition) is 0. The maximum atomic E-state index is 11.0. The van der Waals surface area contributed by atoms with E-state index in [4.69, 9.17) is 0 Å². The number of Topliss-reactive ketones (excluding diaryl/α,β-unsaturated/α-hetero) is 1. The Bertz CT molecular complexity index is 156. The van der Waals surface area contributed by atoms with Gasteiger partial charge in [-0.1, -0.05) is 6.92 Å². The Hall–Kier alpha value is -0.370. The van der Waals surface area contributed by atoms with Crippen LogP contribution in [-0.4, -0.2) is 30.8 Å². The second-order valence-corrected chi connectivity index (χ2v) is 3.79. The molecular weight excluding hydrogens is 150 g/mol. The fourth-order valence-electron chi connectivity index (χ4n) is 1.64. The molecule has 70 valence electrons. The predicted octanol–water partition coefficient (Wildman–Crippen LogP) is 1.70. The van der Waals surface area contributed by atoms with E-state index >= 15 is 0 Å². The first-order valence-electron chi connectivity index (χ1n) is 4.95. The molecule has 1 aliphatic rings. The van der Waals surface area contributed by atoms with Crippen LogP contribution in [0.4, 0.5) is 0 Å². The average Bonchev–Trinajstić information content (AvgIpc) is 2.03. The smallest absolute Gasteiger partial charge is 0.136 e. The maximum absolute atomic E-state index is 11.0. The molecule has 0 heterocycles. The summed E-state index contributed by atoms with van der Waals surface area (Å²) in [6.45, 7) is 4.43. The molecule has 0 amide bonds. The van der Waals surface area contributed by atoms with Gasteiger partial charge in [-0.25, -0.2) is 0 Å². The van der Waals surface area contributed by atoms with Crippen LogP contribution in [0.3, 0.4) is 0 Å². The van der Waals surface area contributed by atoms with E-state index < -0.39 is 0 Å². The highest BCUT2D eigenvalue weighted by atomic mass is 16.1. The van der Waals surface area contributed by atoms with Gasteiger partial charge in [0.25, 0.3) is 0 Å². The molecule has 1 aliphatic carbocycles. The minimum Gasteiger partial charge on any atom is -0.306 e. The van der Waals surface area contributed by atoms with Crippen LogP contribution in [0.15, 0.2) is 0 Å². The Kier molecular flexibility index (Phi) is 3.73. The van der Waals surface area contributed by atoms with E-state index in [1.807, 2.05) is 0 Å². The van der Waals surface area contributed by atoms with Crippen LogP contribution < -0.4 is 0 Å². The summed E-state index contributed by atoms with van der Waals surface area (Å²) < 4.78 is 0. The van der Waals surface area contributed by atoms with Crippen LogP contribution in [-0.2, 0) is 4.79 Å². The van der Waals surface area contributed by atoms with Crippen LogP contribution in [0.5, 0.6) is 0 Å². The Balaban J connectivity index is 2.04. The quantitative estimate of drug-likeness (QED) is 0.624. The lowest BCUT2D eigenvalue weighted by Crippen LogP contribution is -2.30. The van der Waals surface area contributed by atoms with Crippen LogP contribution >= 0.6 is 0 Å². The highest BCUT2D eigenvalue weighted by molar-refractivity contribution is 5.86. The predicted molar refractivity (Wildman–Crippen MR) is 50.1 cm³/mol. The van der Waals surface area contributed by atoms with E-state index in [2.05, 4.69) is 18.9 Å². The molecule has 2 nitrogen and oxygen atoms in total. The summed E-state index contributed by atoms with van der Waals surface area (Å²) in [5.74, 6) is 0.893. The fourth-order valence-corrected chi connectivity index (χ4v) is 1.64. The van der Waals surface area contributed by atoms with Crippen LogP contribution in [0, 0.1) is 5.92 Å². The van der Waals surface area contributed by atoms with Crippen LogP contribution in [0.2, 0.25) is 0 Å². The zero-order valence-corrected chi connectivity index (χ0v) is 8.18. The first-order valence-corrected chi connectivity index (χ1v) is 4.95. The van der Waals surface area contributed by atoms with Crippen molar-refractivity contribution in [3.63, 3.8) is 0 Å². The van der Waals surface area contributed by atoms with Crippen molar-refractivity contribution in [2.75, 3.05) is 20.1 Å². The summed E-state index contributed by atoms with van der Waals surface area (Å²) in [4.78, 5) is 13.3. The minimum absolute atomic E-state index is 0.407. The molecular formula is C10H19NO. The summed E-state index contributed by atoms with van der Waals surface area (Å²) >= 11 is 0. The SMILES string of the molecule is CCCN(C)CCC1CCC1=O. The van der Waals surface area contributed by atoms with E-state index in [0.717, 1.165) is 32.4 Å². The molecule has 1 rings (SSSR count). The van der Waals surface area contributed by atoms with Crippen molar-refractivity contribution in [1.29, 1.82) is 0 Å². The Labute approximate surface area is 74.9 Å². The summed E-state index contributed by atoms with van der Waals surface area (Å²) in [7, 11) is 2.13. The topological polar surface area (TPSA) is 20.3 Å². The Morgan fingerprint density at radius 1 is 1.50 bits per heavy atom. The van der Waals surface area contributed by atoms with Crippen molar-refractivity contribution in [3.8, 4) is 0 Å². The second kappa shape index (κ2) is 4.61. The molecule has 0 spiro atoms. The molecule has 1 atom stereocenters. The van der Waals surface area contributed by atoms with E-state index in [9.17, 15) is 4.79 Å². The lowest BCUT2D eigenvalue weighted by molar-refractivity contribution is -0.129. The molecule has 1 fully saturated rings. The minimum atomic E-state index is 0.407. The number of carbonyl (C=O) groups is 1. The van der Waals surface area contributed by atoms with Gasteiger partial charge in [-0.3, -0.25) is 4.79 Å². The summed E-state index contributed by atoms with van der Waals surface area (Å²) in [6, 6.07) is 0. The van der Waals surface area contributed by atoms with Gasteiger partial charge in [0.15, 0.2) is 0 Å². The first-order chi connectivity index (χ1) is 5.74. The molecule has 0 aromatic rings. The number of hydrogen-bond acceptors (Lipinski definition) is 2. The molecule has 0 radical (unpaired) electrons. The van der Waals surface area contributed by atoms with Crippen molar-refractivity contribution in [3.05, 3.63) is 0 Å². The highest BCUT2D eigenvalue weighted by Gasteiger charge is 2.27. The van der Waals surface area contributed by atoms with Gasteiger partial charge >= 0.3 is 0 Å². The summed E-state index contributed by atoms with van der Waals surface area (Å²) in [5.41, 5.74) is 0. The monoisotopic (exact) mass is 169 g/mol. The second-order valence-electron chi connectivity index (χ2n) is 3.79. The summed E-state index contributed by atoms with van der Waals surface area (Å²) in [5, 5.41) is 0. The first kappa shape index (κ1) is 9.72. The fraction of sp³-hybridized carbons (Fsp3) is 0.900.